The molecule has 0 fully saturated rings. The number of alkyl carbamates (subject to hydrolysis) is 1. The second-order valence-corrected chi connectivity index (χ2v) is 8.85. The van der Waals surface area contributed by atoms with E-state index in [0.717, 1.165) is 12.0 Å². The quantitative estimate of drug-likeness (QED) is 0.269. The zero-order valence-corrected chi connectivity index (χ0v) is 20.8. The number of benzene rings is 1. The van der Waals surface area contributed by atoms with E-state index in [1.807, 2.05) is 30.3 Å². The molecule has 1 aromatic rings. The van der Waals surface area contributed by atoms with E-state index in [9.17, 15) is 19.5 Å². The van der Waals surface area contributed by atoms with Crippen LogP contribution in [0.5, 0.6) is 0 Å². The van der Waals surface area contributed by atoms with Crippen molar-refractivity contribution in [3.8, 4) is 0 Å². The largest absolute Gasteiger partial charge is 0.436 e. The summed E-state index contributed by atoms with van der Waals surface area (Å²) in [5.41, 5.74) is 1.02. The van der Waals surface area contributed by atoms with Gasteiger partial charge in [-0.1, -0.05) is 51.1 Å². The summed E-state index contributed by atoms with van der Waals surface area (Å²) >= 11 is 0. The molecule has 3 amide bonds. The highest BCUT2D eigenvalue weighted by molar-refractivity contribution is 5.84. The smallest absolute Gasteiger partial charge is 0.408 e. The van der Waals surface area contributed by atoms with E-state index in [0.29, 0.717) is 31.8 Å². The Balaban J connectivity index is 2.55. The van der Waals surface area contributed by atoms with Crippen LogP contribution in [-0.2, 0) is 25.5 Å². The molecule has 0 saturated carbocycles. The van der Waals surface area contributed by atoms with Gasteiger partial charge in [-0.25, -0.2) is 4.79 Å². The van der Waals surface area contributed by atoms with Crippen LogP contribution in [0.25, 0.3) is 0 Å². The van der Waals surface area contributed by atoms with Crippen molar-refractivity contribution in [3.05, 3.63) is 35.9 Å². The second kappa shape index (κ2) is 16.9. The van der Waals surface area contributed by atoms with Crippen LogP contribution >= 0.6 is 0 Å². The molecule has 0 aliphatic heterocycles. The first kappa shape index (κ1) is 29.4. The van der Waals surface area contributed by atoms with Gasteiger partial charge in [0.2, 0.25) is 5.91 Å². The average molecular weight is 480 g/mol. The highest BCUT2D eigenvalue weighted by Gasteiger charge is 2.24. The minimum atomic E-state index is -1.00. The molecule has 3 atom stereocenters. The summed E-state index contributed by atoms with van der Waals surface area (Å²) in [4.78, 5) is 37.2. The van der Waals surface area contributed by atoms with Crippen molar-refractivity contribution in [1.82, 2.24) is 16.0 Å². The maximum Gasteiger partial charge on any atom is 0.408 e. The molecule has 1 rings (SSSR count). The van der Waals surface area contributed by atoms with E-state index < -0.39 is 30.1 Å². The van der Waals surface area contributed by atoms with Gasteiger partial charge in [0.15, 0.2) is 6.10 Å². The highest BCUT2D eigenvalue weighted by atomic mass is 16.6. The standard InChI is InChI=1S/C25H41N3O6/c1-18(2)10-12-21(29)17-28-23(30)19(3)16-27-24(31)22(34-25(32)26-14-15-33-4)13-11-20-8-6-5-7-9-20/h5-9,18-19,21-22,29H,10-17H2,1-4H3,(H,26,32)(H,27,31)(H,28,30)/t19?,21?,22-/m0/s1. The molecular formula is C25H41N3O6. The summed E-state index contributed by atoms with van der Waals surface area (Å²) in [6.07, 6.45) is 0.0510. The molecule has 9 heteroatoms. The van der Waals surface area contributed by atoms with Crippen LogP contribution in [0.2, 0.25) is 0 Å². The molecule has 34 heavy (non-hydrogen) atoms. The molecule has 0 spiro atoms. The van der Waals surface area contributed by atoms with Gasteiger partial charge in [0.25, 0.3) is 5.91 Å². The van der Waals surface area contributed by atoms with Crippen molar-refractivity contribution in [3.63, 3.8) is 0 Å². The Bertz CT molecular complexity index is 729. The summed E-state index contributed by atoms with van der Waals surface area (Å²) in [5, 5.41) is 18.0. The van der Waals surface area contributed by atoms with Gasteiger partial charge < -0.3 is 30.5 Å². The Morgan fingerprint density at radius 2 is 1.59 bits per heavy atom. The molecule has 9 nitrogen and oxygen atoms in total. The molecule has 0 radical (unpaired) electrons. The third kappa shape index (κ3) is 13.2. The molecule has 2 unspecified atom stereocenters. The molecule has 0 aromatic heterocycles. The zero-order chi connectivity index (χ0) is 25.3. The van der Waals surface area contributed by atoms with Crippen molar-refractivity contribution >= 4 is 17.9 Å². The van der Waals surface area contributed by atoms with Crippen LogP contribution in [0.15, 0.2) is 30.3 Å². The van der Waals surface area contributed by atoms with Crippen LogP contribution in [0.3, 0.4) is 0 Å². The highest BCUT2D eigenvalue weighted by Crippen LogP contribution is 2.09. The van der Waals surface area contributed by atoms with Gasteiger partial charge in [-0.15, -0.1) is 0 Å². The first-order valence-electron chi connectivity index (χ1n) is 11.9. The molecule has 0 saturated heterocycles. The Kier molecular flexibility index (Phi) is 14.6. The van der Waals surface area contributed by atoms with Crippen molar-refractivity contribution < 1.29 is 29.0 Å². The molecule has 1 aromatic carbocycles. The van der Waals surface area contributed by atoms with E-state index >= 15 is 0 Å². The first-order valence-corrected chi connectivity index (χ1v) is 11.9. The number of aliphatic hydroxyl groups excluding tert-OH is 1. The lowest BCUT2D eigenvalue weighted by atomic mass is 10.0. The summed E-state index contributed by atoms with van der Waals surface area (Å²) in [5.74, 6) is -0.748. The predicted octanol–water partition coefficient (Wildman–Crippen LogP) is 2.03. The molecule has 0 heterocycles. The van der Waals surface area contributed by atoms with E-state index in [1.165, 1.54) is 7.11 Å². The number of nitrogens with one attached hydrogen (secondary N) is 3. The van der Waals surface area contributed by atoms with Gasteiger partial charge in [0.05, 0.1) is 18.6 Å². The van der Waals surface area contributed by atoms with Crippen molar-refractivity contribution in [2.24, 2.45) is 11.8 Å². The lowest BCUT2D eigenvalue weighted by molar-refractivity contribution is -0.130. The fourth-order valence-corrected chi connectivity index (χ4v) is 3.09. The van der Waals surface area contributed by atoms with Gasteiger partial charge in [-0.05, 0) is 37.2 Å². The van der Waals surface area contributed by atoms with Crippen LogP contribution in [0.1, 0.15) is 45.6 Å². The summed E-state index contributed by atoms with van der Waals surface area (Å²) in [6.45, 7) is 6.70. The predicted molar refractivity (Wildman–Crippen MR) is 130 cm³/mol. The zero-order valence-electron chi connectivity index (χ0n) is 20.8. The van der Waals surface area contributed by atoms with Crippen LogP contribution in [0.4, 0.5) is 4.79 Å². The van der Waals surface area contributed by atoms with Gasteiger partial charge in [-0.2, -0.15) is 0 Å². The summed E-state index contributed by atoms with van der Waals surface area (Å²) in [6, 6.07) is 9.60. The Morgan fingerprint density at radius 1 is 0.912 bits per heavy atom. The van der Waals surface area contributed by atoms with E-state index in [1.54, 1.807) is 6.92 Å². The van der Waals surface area contributed by atoms with Crippen LogP contribution < -0.4 is 16.0 Å². The van der Waals surface area contributed by atoms with Crippen LogP contribution in [-0.4, -0.2) is 68.6 Å². The monoisotopic (exact) mass is 479 g/mol. The van der Waals surface area contributed by atoms with Crippen LogP contribution in [0, 0.1) is 11.8 Å². The molecular weight excluding hydrogens is 438 g/mol. The number of aliphatic hydroxyl groups is 1. The summed E-state index contributed by atoms with van der Waals surface area (Å²) < 4.78 is 10.2. The lowest BCUT2D eigenvalue weighted by Crippen LogP contribution is -2.45. The first-order chi connectivity index (χ1) is 16.2. The third-order valence-electron chi connectivity index (χ3n) is 5.27. The van der Waals surface area contributed by atoms with Gasteiger partial charge in [-0.3, -0.25) is 9.59 Å². The fourth-order valence-electron chi connectivity index (χ4n) is 3.09. The number of hydrogen-bond acceptors (Lipinski definition) is 6. The Morgan fingerprint density at radius 3 is 2.24 bits per heavy atom. The normalized spacial score (nSPS) is 13.6. The maximum absolute atomic E-state index is 12.8. The number of rotatable bonds is 16. The number of amides is 3. The van der Waals surface area contributed by atoms with E-state index in [2.05, 4.69) is 29.8 Å². The van der Waals surface area contributed by atoms with Crippen molar-refractivity contribution in [2.75, 3.05) is 33.4 Å². The fraction of sp³-hybridized carbons (Fsp3) is 0.640. The lowest BCUT2D eigenvalue weighted by Gasteiger charge is -2.20. The van der Waals surface area contributed by atoms with Gasteiger partial charge in [0, 0.05) is 26.7 Å². The van der Waals surface area contributed by atoms with E-state index in [-0.39, 0.29) is 25.5 Å². The maximum atomic E-state index is 12.8. The Hall–Kier alpha value is -2.65. The Labute approximate surface area is 203 Å². The molecule has 0 bridgehead atoms. The number of hydrogen-bond donors (Lipinski definition) is 4. The number of aryl methyl sites for hydroxylation is 1. The molecule has 192 valence electrons. The molecule has 0 aliphatic carbocycles. The van der Waals surface area contributed by atoms with Gasteiger partial charge >= 0.3 is 6.09 Å². The number of carbonyl (C=O) groups excluding carboxylic acids is 3. The van der Waals surface area contributed by atoms with Crippen molar-refractivity contribution in [1.29, 1.82) is 0 Å². The minimum absolute atomic E-state index is 0.0866. The SMILES string of the molecule is COCCNC(=O)O[C@@H](CCc1ccccc1)C(=O)NCC(C)C(=O)NCC(O)CCC(C)C. The second-order valence-electron chi connectivity index (χ2n) is 8.85. The topological polar surface area (TPSA) is 126 Å². The molecule has 0 aliphatic rings. The number of ether oxygens (including phenoxy) is 2. The average Bonchev–Trinajstić information content (AvgIpc) is 2.82. The van der Waals surface area contributed by atoms with E-state index in [4.69, 9.17) is 9.47 Å². The third-order valence-corrected chi connectivity index (χ3v) is 5.27. The van der Waals surface area contributed by atoms with Gasteiger partial charge in [0.1, 0.15) is 0 Å². The number of methoxy groups -OCH3 is 1. The molecule has 4 N–H and O–H groups in total. The van der Waals surface area contributed by atoms with Crippen molar-refractivity contribution in [2.45, 2.75) is 58.7 Å². The minimum Gasteiger partial charge on any atom is -0.436 e. The summed E-state index contributed by atoms with van der Waals surface area (Å²) in [7, 11) is 1.52. The number of carbonyl (C=O) groups is 3.